The third-order valence-electron chi connectivity index (χ3n) is 2.56. The summed E-state index contributed by atoms with van der Waals surface area (Å²) in [5, 5.41) is 8.50. The Hall–Kier alpha value is -1.84. The lowest BCUT2D eigenvalue weighted by Crippen LogP contribution is -2.15. The van der Waals surface area contributed by atoms with Gasteiger partial charge in [0, 0.05) is 12.8 Å². The number of benzene rings is 1. The fourth-order valence-corrected chi connectivity index (χ4v) is 1.85. The molecule has 1 aromatic rings. The van der Waals surface area contributed by atoms with Gasteiger partial charge in [0.2, 0.25) is 5.78 Å². The third kappa shape index (κ3) is 2.05. The van der Waals surface area contributed by atoms with Crippen LogP contribution in [0.3, 0.4) is 0 Å². The Morgan fingerprint density at radius 1 is 1.50 bits per heavy atom. The maximum atomic E-state index is 11.0. The summed E-state index contributed by atoms with van der Waals surface area (Å²) in [5.41, 5.74) is 1.77. The summed E-state index contributed by atoms with van der Waals surface area (Å²) >= 11 is 0. The average Bonchev–Trinajstić information content (AvgIpc) is 2.57. The van der Waals surface area contributed by atoms with E-state index < -0.39 is 11.8 Å². The van der Waals surface area contributed by atoms with E-state index in [-0.39, 0.29) is 12.5 Å². The van der Waals surface area contributed by atoms with Crippen LogP contribution in [-0.2, 0) is 22.4 Å². The van der Waals surface area contributed by atoms with Crippen LogP contribution in [0, 0.1) is 0 Å². The summed E-state index contributed by atoms with van der Waals surface area (Å²) in [6, 6.07) is 5.38. The van der Waals surface area contributed by atoms with Gasteiger partial charge >= 0.3 is 5.97 Å². The molecule has 0 radical (unpaired) electrons. The molecule has 1 atom stereocenters. The van der Waals surface area contributed by atoms with Gasteiger partial charge in [-0.05, 0) is 24.1 Å². The fraction of sp³-hybridized carbons (Fsp3) is 0.333. The Labute approximate surface area is 92.8 Å². The average molecular weight is 220 g/mol. The second kappa shape index (κ2) is 3.96. The first kappa shape index (κ1) is 10.7. The molecule has 4 heteroatoms. The van der Waals surface area contributed by atoms with Crippen molar-refractivity contribution in [1.29, 1.82) is 0 Å². The van der Waals surface area contributed by atoms with Crippen molar-refractivity contribution in [2.24, 2.45) is 0 Å². The van der Waals surface area contributed by atoms with Gasteiger partial charge in [-0.1, -0.05) is 12.1 Å². The SMILES string of the molecule is CC1Cc2cc(CC(=O)C(=O)O)ccc2O1. The number of carbonyl (C=O) groups excluding carboxylic acids is 1. The largest absolute Gasteiger partial charge is 0.490 e. The molecule has 0 saturated heterocycles. The number of rotatable bonds is 3. The Morgan fingerprint density at radius 3 is 2.94 bits per heavy atom. The van der Waals surface area contributed by atoms with Crippen molar-refractivity contribution in [3.8, 4) is 5.75 Å². The zero-order valence-corrected chi connectivity index (χ0v) is 8.90. The third-order valence-corrected chi connectivity index (χ3v) is 2.56. The molecule has 0 spiro atoms. The molecule has 1 unspecified atom stereocenters. The van der Waals surface area contributed by atoms with Crippen LogP contribution in [0.25, 0.3) is 0 Å². The summed E-state index contributed by atoms with van der Waals surface area (Å²) < 4.78 is 5.51. The second-order valence-corrected chi connectivity index (χ2v) is 3.98. The highest BCUT2D eigenvalue weighted by atomic mass is 16.5. The Balaban J connectivity index is 2.17. The van der Waals surface area contributed by atoms with Crippen molar-refractivity contribution < 1.29 is 19.4 Å². The van der Waals surface area contributed by atoms with E-state index in [2.05, 4.69) is 0 Å². The van der Waals surface area contributed by atoms with E-state index >= 15 is 0 Å². The lowest BCUT2D eigenvalue weighted by Gasteiger charge is -2.02. The van der Waals surface area contributed by atoms with E-state index in [1.807, 2.05) is 13.0 Å². The van der Waals surface area contributed by atoms with E-state index in [0.29, 0.717) is 0 Å². The molecule has 1 aliphatic heterocycles. The van der Waals surface area contributed by atoms with Crippen LogP contribution in [0.2, 0.25) is 0 Å². The van der Waals surface area contributed by atoms with Crippen molar-refractivity contribution in [1.82, 2.24) is 0 Å². The van der Waals surface area contributed by atoms with Gasteiger partial charge in [-0.3, -0.25) is 4.79 Å². The highest BCUT2D eigenvalue weighted by molar-refractivity contribution is 6.33. The topological polar surface area (TPSA) is 63.6 Å². The summed E-state index contributed by atoms with van der Waals surface area (Å²) in [5.74, 6) is -1.34. The van der Waals surface area contributed by atoms with Crippen LogP contribution in [0.4, 0.5) is 0 Å². The van der Waals surface area contributed by atoms with Gasteiger partial charge < -0.3 is 9.84 Å². The molecule has 0 aliphatic carbocycles. The number of aliphatic carboxylic acids is 1. The van der Waals surface area contributed by atoms with E-state index in [0.717, 1.165) is 23.3 Å². The van der Waals surface area contributed by atoms with Crippen LogP contribution in [0.15, 0.2) is 18.2 Å². The van der Waals surface area contributed by atoms with Gasteiger partial charge in [-0.25, -0.2) is 4.79 Å². The quantitative estimate of drug-likeness (QED) is 0.777. The summed E-state index contributed by atoms with van der Waals surface area (Å²) in [6.45, 7) is 1.97. The minimum atomic E-state index is -1.38. The number of carboxylic acids is 1. The number of hydrogen-bond acceptors (Lipinski definition) is 3. The minimum absolute atomic E-state index is 0.0585. The number of Topliss-reactive ketones (excluding diaryl/α,β-unsaturated/α-hetero) is 1. The van der Waals surface area contributed by atoms with Gasteiger partial charge in [0.05, 0.1) is 0 Å². The van der Waals surface area contributed by atoms with Crippen LogP contribution in [0.5, 0.6) is 5.75 Å². The van der Waals surface area contributed by atoms with Gasteiger partial charge in [-0.15, -0.1) is 0 Å². The summed E-state index contributed by atoms with van der Waals surface area (Å²) in [4.78, 5) is 21.5. The van der Waals surface area contributed by atoms with Crippen molar-refractivity contribution >= 4 is 11.8 Å². The van der Waals surface area contributed by atoms with Gasteiger partial charge in [0.25, 0.3) is 0 Å². The van der Waals surface area contributed by atoms with E-state index in [9.17, 15) is 9.59 Å². The zero-order chi connectivity index (χ0) is 11.7. The standard InChI is InChI=1S/C12H12O4/c1-7-4-9-5-8(2-3-11(9)16-7)6-10(13)12(14)15/h2-3,5,7H,4,6H2,1H3,(H,14,15). The van der Waals surface area contributed by atoms with Crippen molar-refractivity contribution in [3.63, 3.8) is 0 Å². The Kier molecular flexibility index (Phi) is 2.64. The molecule has 16 heavy (non-hydrogen) atoms. The zero-order valence-electron chi connectivity index (χ0n) is 8.90. The van der Waals surface area contributed by atoms with Crippen LogP contribution >= 0.6 is 0 Å². The van der Waals surface area contributed by atoms with Crippen LogP contribution in [0.1, 0.15) is 18.1 Å². The first-order chi connectivity index (χ1) is 7.56. The number of fused-ring (bicyclic) bond motifs is 1. The molecular weight excluding hydrogens is 208 g/mol. The molecule has 0 bridgehead atoms. The Morgan fingerprint density at radius 2 is 2.25 bits per heavy atom. The normalized spacial score (nSPS) is 17.7. The lowest BCUT2D eigenvalue weighted by atomic mass is 10.0. The molecular formula is C12H12O4. The van der Waals surface area contributed by atoms with Crippen molar-refractivity contribution in [2.75, 3.05) is 0 Å². The van der Waals surface area contributed by atoms with Gasteiger partial charge in [0.15, 0.2) is 0 Å². The molecule has 0 aromatic heterocycles. The second-order valence-electron chi connectivity index (χ2n) is 3.98. The van der Waals surface area contributed by atoms with Gasteiger partial charge in [-0.2, -0.15) is 0 Å². The molecule has 1 aliphatic rings. The lowest BCUT2D eigenvalue weighted by molar-refractivity contribution is -0.148. The highest BCUT2D eigenvalue weighted by Gasteiger charge is 2.20. The Bertz CT molecular complexity index is 450. The fourth-order valence-electron chi connectivity index (χ4n) is 1.85. The predicted molar refractivity (Wildman–Crippen MR) is 56.6 cm³/mol. The molecule has 4 nitrogen and oxygen atoms in total. The first-order valence-electron chi connectivity index (χ1n) is 5.11. The maximum Gasteiger partial charge on any atom is 0.372 e. The first-order valence-corrected chi connectivity index (χ1v) is 5.11. The molecule has 0 fully saturated rings. The highest BCUT2D eigenvalue weighted by Crippen LogP contribution is 2.29. The molecule has 2 rings (SSSR count). The number of ether oxygens (including phenoxy) is 1. The van der Waals surface area contributed by atoms with E-state index in [1.54, 1.807) is 12.1 Å². The number of hydrogen-bond donors (Lipinski definition) is 1. The van der Waals surface area contributed by atoms with Gasteiger partial charge in [0.1, 0.15) is 11.9 Å². The van der Waals surface area contributed by atoms with Crippen molar-refractivity contribution in [2.45, 2.75) is 25.9 Å². The monoisotopic (exact) mass is 220 g/mol. The minimum Gasteiger partial charge on any atom is -0.490 e. The molecule has 1 aromatic carbocycles. The van der Waals surface area contributed by atoms with Crippen molar-refractivity contribution in [3.05, 3.63) is 29.3 Å². The summed E-state index contributed by atoms with van der Waals surface area (Å²) in [6.07, 6.45) is 0.905. The number of carboxylic acid groups (broad SMARTS) is 1. The van der Waals surface area contributed by atoms with E-state index in [1.165, 1.54) is 0 Å². The molecule has 0 saturated carbocycles. The molecule has 84 valence electrons. The molecule has 1 heterocycles. The van der Waals surface area contributed by atoms with Crippen LogP contribution < -0.4 is 4.74 Å². The smallest absolute Gasteiger partial charge is 0.372 e. The number of carbonyl (C=O) groups is 2. The van der Waals surface area contributed by atoms with E-state index in [4.69, 9.17) is 9.84 Å². The number of ketones is 1. The molecule has 1 N–H and O–H groups in total. The molecule has 0 amide bonds. The van der Waals surface area contributed by atoms with Crippen LogP contribution in [-0.4, -0.2) is 23.0 Å². The summed E-state index contributed by atoms with van der Waals surface area (Å²) in [7, 11) is 0. The maximum absolute atomic E-state index is 11.0. The predicted octanol–water partition coefficient (Wildman–Crippen LogP) is 1.21.